The predicted octanol–water partition coefficient (Wildman–Crippen LogP) is 4.55. The molecule has 0 fully saturated rings. The Hall–Kier alpha value is -1.04. The third-order valence-corrected chi connectivity index (χ3v) is 4.33. The Labute approximate surface area is 140 Å². The number of hydrogen-bond acceptors (Lipinski definition) is 4. The first-order valence-electron chi connectivity index (χ1n) is 6.41. The van der Waals surface area contributed by atoms with E-state index in [1.54, 1.807) is 0 Å². The molecule has 7 heteroatoms. The Bertz CT molecular complexity index is 687. The highest BCUT2D eigenvalue weighted by Gasteiger charge is 2.19. The molecule has 0 unspecified atom stereocenters. The molecule has 3 rings (SSSR count). The highest BCUT2D eigenvalue weighted by atomic mass is 79.9. The molecule has 1 aliphatic rings. The topological polar surface area (TPSA) is 44.2 Å². The second-order valence-corrected chi connectivity index (χ2v) is 6.01. The SMILES string of the molecule is CCc1c(Cl)nc(-c2cc(Br)c3c(c2)OCCO3)nc1Cl. The third kappa shape index (κ3) is 2.82. The van der Waals surface area contributed by atoms with Crippen molar-refractivity contribution in [3.8, 4) is 22.9 Å². The van der Waals surface area contributed by atoms with E-state index in [0.29, 0.717) is 47.3 Å². The molecule has 1 aliphatic heterocycles. The molecule has 0 N–H and O–H groups in total. The van der Waals surface area contributed by atoms with Crippen molar-refractivity contribution in [2.45, 2.75) is 13.3 Å². The van der Waals surface area contributed by atoms with E-state index >= 15 is 0 Å². The maximum Gasteiger partial charge on any atom is 0.175 e. The van der Waals surface area contributed by atoms with Crippen LogP contribution in [0.15, 0.2) is 16.6 Å². The van der Waals surface area contributed by atoms with Crippen LogP contribution in [0.1, 0.15) is 12.5 Å². The van der Waals surface area contributed by atoms with Gasteiger partial charge in [0.25, 0.3) is 0 Å². The molecule has 0 aliphatic carbocycles. The van der Waals surface area contributed by atoms with Crippen LogP contribution in [0, 0.1) is 0 Å². The minimum absolute atomic E-state index is 0.374. The van der Waals surface area contributed by atoms with E-state index in [2.05, 4.69) is 25.9 Å². The van der Waals surface area contributed by atoms with E-state index < -0.39 is 0 Å². The lowest BCUT2D eigenvalue weighted by atomic mass is 10.1. The maximum absolute atomic E-state index is 6.16. The number of aromatic nitrogens is 2. The monoisotopic (exact) mass is 388 g/mol. The van der Waals surface area contributed by atoms with E-state index in [9.17, 15) is 0 Å². The molecule has 110 valence electrons. The van der Waals surface area contributed by atoms with Gasteiger partial charge in [-0.1, -0.05) is 30.1 Å². The van der Waals surface area contributed by atoms with Gasteiger partial charge in [-0.3, -0.25) is 0 Å². The van der Waals surface area contributed by atoms with Crippen molar-refractivity contribution in [1.82, 2.24) is 9.97 Å². The number of fused-ring (bicyclic) bond motifs is 1. The van der Waals surface area contributed by atoms with Crippen molar-refractivity contribution in [2.24, 2.45) is 0 Å². The van der Waals surface area contributed by atoms with Crippen LogP contribution < -0.4 is 9.47 Å². The molecule has 21 heavy (non-hydrogen) atoms. The first kappa shape index (κ1) is 14.9. The van der Waals surface area contributed by atoms with E-state index in [-0.39, 0.29) is 0 Å². The molecule has 0 spiro atoms. The number of rotatable bonds is 2. The first-order valence-corrected chi connectivity index (χ1v) is 7.96. The molecule has 0 bridgehead atoms. The molecule has 0 saturated heterocycles. The van der Waals surface area contributed by atoms with Crippen LogP contribution >= 0.6 is 39.1 Å². The zero-order chi connectivity index (χ0) is 15.0. The minimum atomic E-state index is 0.374. The second-order valence-electron chi connectivity index (χ2n) is 4.44. The van der Waals surface area contributed by atoms with Gasteiger partial charge in [-0.05, 0) is 34.5 Å². The third-order valence-electron chi connectivity index (χ3n) is 3.11. The van der Waals surface area contributed by atoms with Crippen LogP contribution in [0.25, 0.3) is 11.4 Å². The van der Waals surface area contributed by atoms with Crippen LogP contribution in [0.3, 0.4) is 0 Å². The fourth-order valence-electron chi connectivity index (χ4n) is 2.09. The lowest BCUT2D eigenvalue weighted by Crippen LogP contribution is -2.15. The highest BCUT2D eigenvalue weighted by molar-refractivity contribution is 9.10. The second kappa shape index (κ2) is 5.99. The van der Waals surface area contributed by atoms with Crippen molar-refractivity contribution < 1.29 is 9.47 Å². The molecule has 0 saturated carbocycles. The number of benzene rings is 1. The highest BCUT2D eigenvalue weighted by Crippen LogP contribution is 2.41. The van der Waals surface area contributed by atoms with Crippen LogP contribution in [0.5, 0.6) is 11.5 Å². The molecule has 1 aromatic carbocycles. The van der Waals surface area contributed by atoms with Gasteiger partial charge in [-0.2, -0.15) is 0 Å². The van der Waals surface area contributed by atoms with Gasteiger partial charge in [0.2, 0.25) is 0 Å². The van der Waals surface area contributed by atoms with E-state index in [1.807, 2.05) is 19.1 Å². The molecule has 0 radical (unpaired) electrons. The normalized spacial score (nSPS) is 13.3. The summed E-state index contributed by atoms with van der Waals surface area (Å²) in [7, 11) is 0. The summed E-state index contributed by atoms with van der Waals surface area (Å²) < 4.78 is 11.9. The lowest BCUT2D eigenvalue weighted by Gasteiger charge is -2.20. The number of hydrogen-bond donors (Lipinski definition) is 0. The quantitative estimate of drug-likeness (QED) is 0.707. The summed E-state index contributed by atoms with van der Waals surface area (Å²) in [5.41, 5.74) is 1.51. The van der Waals surface area contributed by atoms with Crippen LogP contribution in [0.2, 0.25) is 10.3 Å². The molecule has 2 heterocycles. The van der Waals surface area contributed by atoms with Gasteiger partial charge in [0.05, 0.1) is 4.47 Å². The van der Waals surface area contributed by atoms with Crippen molar-refractivity contribution in [1.29, 1.82) is 0 Å². The van der Waals surface area contributed by atoms with Crippen molar-refractivity contribution in [3.05, 3.63) is 32.5 Å². The van der Waals surface area contributed by atoms with E-state index in [0.717, 1.165) is 15.6 Å². The Morgan fingerprint density at radius 3 is 2.48 bits per heavy atom. The van der Waals surface area contributed by atoms with Crippen LogP contribution in [0.4, 0.5) is 0 Å². The standard InChI is InChI=1S/C14H11BrCl2N2O2/c1-2-8-12(16)18-14(19-13(8)17)7-5-9(15)11-10(6-7)20-3-4-21-11/h5-6H,2-4H2,1H3. The summed E-state index contributed by atoms with van der Waals surface area (Å²) in [6.45, 7) is 3.00. The summed E-state index contributed by atoms with van der Waals surface area (Å²) in [6.07, 6.45) is 0.683. The number of nitrogens with zero attached hydrogens (tertiary/aromatic N) is 2. The largest absolute Gasteiger partial charge is 0.486 e. The number of halogens is 3. The molecule has 0 amide bonds. The molecular weight excluding hydrogens is 379 g/mol. The minimum Gasteiger partial charge on any atom is -0.486 e. The van der Waals surface area contributed by atoms with Crippen molar-refractivity contribution >= 4 is 39.1 Å². The Balaban J connectivity index is 2.11. The molecule has 1 aromatic heterocycles. The van der Waals surface area contributed by atoms with Crippen molar-refractivity contribution in [3.63, 3.8) is 0 Å². The van der Waals surface area contributed by atoms with Gasteiger partial charge in [-0.25, -0.2) is 9.97 Å². The zero-order valence-corrected chi connectivity index (χ0v) is 14.2. The number of ether oxygens (including phenoxy) is 2. The van der Waals surface area contributed by atoms with Crippen molar-refractivity contribution in [2.75, 3.05) is 13.2 Å². The van der Waals surface area contributed by atoms with Crippen LogP contribution in [-0.2, 0) is 6.42 Å². The predicted molar refractivity (Wildman–Crippen MR) is 85.6 cm³/mol. The van der Waals surface area contributed by atoms with Crippen LogP contribution in [-0.4, -0.2) is 23.2 Å². The summed E-state index contributed by atoms with van der Waals surface area (Å²) in [5, 5.41) is 0.747. The zero-order valence-electron chi connectivity index (χ0n) is 11.1. The summed E-state index contributed by atoms with van der Waals surface area (Å²) >= 11 is 15.8. The fourth-order valence-corrected chi connectivity index (χ4v) is 3.30. The maximum atomic E-state index is 6.16. The summed E-state index contributed by atoms with van der Waals surface area (Å²) in [5.74, 6) is 1.80. The lowest BCUT2D eigenvalue weighted by molar-refractivity contribution is 0.170. The van der Waals surface area contributed by atoms with Gasteiger partial charge >= 0.3 is 0 Å². The smallest absolute Gasteiger partial charge is 0.175 e. The fraction of sp³-hybridized carbons (Fsp3) is 0.286. The molecule has 0 atom stereocenters. The molecule has 4 nitrogen and oxygen atoms in total. The van der Waals surface area contributed by atoms with E-state index in [1.165, 1.54) is 0 Å². The average molecular weight is 390 g/mol. The first-order chi connectivity index (χ1) is 10.1. The summed E-state index contributed by atoms with van der Waals surface area (Å²) in [6, 6.07) is 3.69. The molecule has 2 aromatic rings. The van der Waals surface area contributed by atoms with Gasteiger partial charge in [-0.15, -0.1) is 0 Å². The summed E-state index contributed by atoms with van der Waals surface area (Å²) in [4.78, 5) is 8.64. The Morgan fingerprint density at radius 1 is 1.14 bits per heavy atom. The Morgan fingerprint density at radius 2 is 1.81 bits per heavy atom. The molecular formula is C14H11BrCl2N2O2. The Kier molecular flexibility index (Phi) is 4.24. The van der Waals surface area contributed by atoms with E-state index in [4.69, 9.17) is 32.7 Å². The van der Waals surface area contributed by atoms with Gasteiger partial charge in [0.15, 0.2) is 17.3 Å². The average Bonchev–Trinajstić information content (AvgIpc) is 2.47. The van der Waals surface area contributed by atoms with Gasteiger partial charge in [0, 0.05) is 11.1 Å². The van der Waals surface area contributed by atoms with Gasteiger partial charge < -0.3 is 9.47 Å². The van der Waals surface area contributed by atoms with Gasteiger partial charge in [0.1, 0.15) is 23.5 Å².